The fraction of sp³-hybridized carbons (Fsp3) is 0.341. The minimum atomic E-state index is 0.273. The van der Waals surface area contributed by atoms with Crippen LogP contribution in [-0.4, -0.2) is 4.21 Å². The zero-order valence-corrected chi connectivity index (χ0v) is 31.8. The van der Waals surface area contributed by atoms with E-state index in [2.05, 4.69) is 164 Å². The average Bonchev–Trinajstić information content (AvgIpc) is 3.58. The second-order valence-electron chi connectivity index (χ2n) is 13.8. The molecule has 0 saturated carbocycles. The fourth-order valence-corrected chi connectivity index (χ4v) is 5.26. The number of fused-ring (bicyclic) bond motifs is 3. The van der Waals surface area contributed by atoms with Crippen LogP contribution in [0.3, 0.4) is 0 Å². The third-order valence-electron chi connectivity index (χ3n) is 7.71. The van der Waals surface area contributed by atoms with Crippen molar-refractivity contribution in [1.29, 1.82) is 0 Å². The van der Waals surface area contributed by atoms with Gasteiger partial charge in [0.05, 0.1) is 0 Å². The van der Waals surface area contributed by atoms with Gasteiger partial charge >= 0.3 is 28.4 Å². The number of allylic oxidation sites excluding steroid dienone is 4. The van der Waals surface area contributed by atoms with Gasteiger partial charge in [0.2, 0.25) is 0 Å². The van der Waals surface area contributed by atoms with Gasteiger partial charge in [-0.3, -0.25) is 6.08 Å². The van der Waals surface area contributed by atoms with Crippen LogP contribution in [0.1, 0.15) is 91.5 Å². The van der Waals surface area contributed by atoms with E-state index in [0.29, 0.717) is 11.8 Å². The smallest absolute Gasteiger partial charge is 0.0253 e. The van der Waals surface area contributed by atoms with E-state index >= 15 is 0 Å². The van der Waals surface area contributed by atoms with Crippen LogP contribution in [-0.2, 0) is 41.5 Å². The van der Waals surface area contributed by atoms with Gasteiger partial charge in [-0.25, -0.2) is 5.57 Å². The summed E-state index contributed by atoms with van der Waals surface area (Å²) in [6.07, 6.45) is 6.73. The first kappa shape index (κ1) is 38.3. The van der Waals surface area contributed by atoms with Crippen LogP contribution in [0.15, 0.2) is 108 Å². The Labute approximate surface area is 291 Å². The number of hydrogen-bond donors (Lipinski definition) is 0. The first-order valence-corrected chi connectivity index (χ1v) is 17.7. The minimum Gasteiger partial charge on any atom is -0.179 e. The summed E-state index contributed by atoms with van der Waals surface area (Å²) in [5.41, 5.74) is 11.6. The van der Waals surface area contributed by atoms with Crippen molar-refractivity contribution >= 4 is 4.21 Å². The van der Waals surface area contributed by atoms with Gasteiger partial charge in [-0.1, -0.05) is 116 Å². The summed E-state index contributed by atoms with van der Waals surface area (Å²) >= 11 is 1.30. The number of rotatable bonds is 1. The largest absolute Gasteiger partial charge is 0.179 e. The molecule has 0 radical (unpaired) electrons. The molecule has 236 valence electrons. The summed E-state index contributed by atoms with van der Waals surface area (Å²) < 4.78 is 3.34. The fourth-order valence-electron chi connectivity index (χ4n) is 5.26. The third kappa shape index (κ3) is 12.4. The third-order valence-corrected chi connectivity index (χ3v) is 7.71. The molecule has 0 aliphatic heterocycles. The Kier molecular flexibility index (Phi) is 15.6. The number of benzene rings is 4. The Hall–Kier alpha value is -2.89. The molecule has 1 heteroatoms. The van der Waals surface area contributed by atoms with Crippen molar-refractivity contribution in [3.8, 4) is 11.1 Å². The topological polar surface area (TPSA) is 0 Å². The molecule has 2 aliphatic rings. The summed E-state index contributed by atoms with van der Waals surface area (Å²) in [6.45, 7) is 22.1. The summed E-state index contributed by atoms with van der Waals surface area (Å²) in [5, 5.41) is 0. The summed E-state index contributed by atoms with van der Waals surface area (Å²) in [5.74, 6) is 1.20. The molecular formula is C44H52Zr-4. The second-order valence-corrected chi connectivity index (χ2v) is 13.8. The van der Waals surface area contributed by atoms with E-state index in [1.807, 2.05) is 30.3 Å². The molecule has 0 saturated heterocycles. The molecule has 1 unspecified atom stereocenters. The molecule has 0 amide bonds. The molecule has 0 heterocycles. The standard InChI is InChI=1S/C13H9.C10H15.2C10H13.CH2.Zr/c1-3-7-12-10(5-1)9-11-6-2-4-8-13(11)12;1-7(2)10-6-8(3)5-9(10)4;2*1-10(2,3)9-7-5-4-6-8-9;;/h1-5,7-8H,9H2;6-8H,1-4H3;2*5-8H,1-3H3;1H2;/q4*-1;;. The van der Waals surface area contributed by atoms with E-state index in [-0.39, 0.29) is 10.8 Å². The average molecular weight is 672 g/mol. The van der Waals surface area contributed by atoms with Crippen LogP contribution in [0.5, 0.6) is 0 Å². The van der Waals surface area contributed by atoms with E-state index in [1.54, 1.807) is 0 Å². The van der Waals surface area contributed by atoms with Gasteiger partial charge < -0.3 is 0 Å². The monoisotopic (exact) mass is 670 g/mol. The first-order chi connectivity index (χ1) is 21.3. The Morgan fingerprint density at radius 1 is 0.711 bits per heavy atom. The maximum Gasteiger partial charge on any atom is -0.0253 e. The predicted octanol–water partition coefficient (Wildman–Crippen LogP) is 11.6. The van der Waals surface area contributed by atoms with Gasteiger partial charge in [-0.2, -0.15) is 113 Å². The van der Waals surface area contributed by atoms with E-state index in [4.69, 9.17) is 0 Å². The second kappa shape index (κ2) is 18.3. The van der Waals surface area contributed by atoms with E-state index < -0.39 is 0 Å². The van der Waals surface area contributed by atoms with E-state index in [9.17, 15) is 0 Å². The molecule has 0 N–H and O–H groups in total. The Bertz CT molecular complexity index is 1400. The Morgan fingerprint density at radius 3 is 1.60 bits per heavy atom. The van der Waals surface area contributed by atoms with Crippen molar-refractivity contribution in [2.24, 2.45) is 11.8 Å². The molecule has 0 nitrogen and oxygen atoms in total. The van der Waals surface area contributed by atoms with Gasteiger partial charge in [0, 0.05) is 0 Å². The van der Waals surface area contributed by atoms with Gasteiger partial charge in [-0.15, -0.1) is 5.56 Å². The Morgan fingerprint density at radius 2 is 1.20 bits per heavy atom. The molecular weight excluding hydrogens is 620 g/mol. The minimum absolute atomic E-state index is 0.273. The van der Waals surface area contributed by atoms with Crippen LogP contribution >= 0.6 is 0 Å². The summed E-state index contributed by atoms with van der Waals surface area (Å²) in [6, 6.07) is 40.4. The molecule has 4 aromatic rings. The van der Waals surface area contributed by atoms with E-state index in [0.717, 1.165) is 6.42 Å². The van der Waals surface area contributed by atoms with Gasteiger partial charge in [0.15, 0.2) is 0 Å². The maximum atomic E-state index is 3.37. The van der Waals surface area contributed by atoms with Crippen LogP contribution in [0.25, 0.3) is 11.1 Å². The van der Waals surface area contributed by atoms with Crippen molar-refractivity contribution in [2.45, 2.75) is 86.5 Å². The molecule has 0 aromatic heterocycles. The van der Waals surface area contributed by atoms with Gasteiger partial charge in [-0.05, 0) is 17.3 Å². The van der Waals surface area contributed by atoms with Crippen molar-refractivity contribution in [3.05, 3.63) is 155 Å². The molecule has 1 atom stereocenters. The van der Waals surface area contributed by atoms with Crippen LogP contribution in [0, 0.1) is 36.1 Å². The van der Waals surface area contributed by atoms with E-state index in [1.165, 1.54) is 68.8 Å². The first-order valence-electron chi connectivity index (χ1n) is 16.0. The van der Waals surface area contributed by atoms with Crippen LogP contribution < -0.4 is 0 Å². The maximum absolute atomic E-state index is 3.37. The van der Waals surface area contributed by atoms with Gasteiger partial charge in [0.1, 0.15) is 0 Å². The summed E-state index contributed by atoms with van der Waals surface area (Å²) in [4.78, 5) is 0. The molecule has 0 bridgehead atoms. The van der Waals surface area contributed by atoms with Crippen LogP contribution in [0.2, 0.25) is 0 Å². The quantitative estimate of drug-likeness (QED) is 0.156. The zero-order valence-electron chi connectivity index (χ0n) is 29.3. The normalized spacial score (nSPS) is 14.3. The molecule has 45 heavy (non-hydrogen) atoms. The molecule has 0 fully saturated rings. The predicted molar refractivity (Wildman–Crippen MR) is 193 cm³/mol. The summed E-state index contributed by atoms with van der Waals surface area (Å²) in [7, 11) is 0. The zero-order chi connectivity index (χ0) is 33.6. The van der Waals surface area contributed by atoms with Crippen molar-refractivity contribution in [1.82, 2.24) is 0 Å². The van der Waals surface area contributed by atoms with Crippen molar-refractivity contribution in [2.75, 3.05) is 0 Å². The molecule has 2 aliphatic carbocycles. The Balaban J connectivity index is 0.000000207. The number of hydrogen-bond acceptors (Lipinski definition) is 0. The van der Waals surface area contributed by atoms with Crippen molar-refractivity contribution < 1.29 is 24.2 Å². The SMILES string of the molecule is CC(C)(C)c1cc[c-]cc1.CC(C)(C)c1cc[c-]cc1.CC1=[C-]C(C)C=C1C(C)C.[CH2]=[Zr].[c-]1cccc2c1Cc1ccccc1-2. The van der Waals surface area contributed by atoms with Crippen molar-refractivity contribution in [3.63, 3.8) is 0 Å². The van der Waals surface area contributed by atoms with Crippen LogP contribution in [0.4, 0.5) is 0 Å². The molecule has 6 rings (SSSR count). The van der Waals surface area contributed by atoms with Gasteiger partial charge in [0.25, 0.3) is 0 Å². The molecule has 0 spiro atoms. The molecule has 4 aromatic carbocycles.